The lowest BCUT2D eigenvalue weighted by molar-refractivity contribution is 1.33. The van der Waals surface area contributed by atoms with Crippen molar-refractivity contribution in [2.45, 2.75) is 0 Å². The third-order valence-corrected chi connectivity index (χ3v) is 8.03. The highest BCUT2D eigenvalue weighted by atomic mass is 32.1. The molecule has 172 valence electrons. The largest absolute Gasteiger partial charge is 0.259 e. The van der Waals surface area contributed by atoms with Crippen molar-refractivity contribution in [3.05, 3.63) is 133 Å². The van der Waals surface area contributed by atoms with Crippen molar-refractivity contribution in [2.75, 3.05) is 0 Å². The first-order valence-corrected chi connectivity index (χ1v) is 13.0. The minimum atomic E-state index is 0.601. The molecule has 0 N–H and O–H groups in total. The molecule has 0 fully saturated rings. The van der Waals surface area contributed by atoms with Crippen molar-refractivity contribution in [3.63, 3.8) is 0 Å². The molecule has 7 rings (SSSR count). The minimum absolute atomic E-state index is 0.601. The zero-order valence-corrected chi connectivity index (χ0v) is 20.7. The van der Waals surface area contributed by atoms with Gasteiger partial charge in [0.25, 0.3) is 0 Å². The van der Waals surface area contributed by atoms with Crippen LogP contribution in [0.15, 0.2) is 121 Å². The molecule has 0 aliphatic heterocycles. The molecule has 0 aliphatic carbocycles. The van der Waals surface area contributed by atoms with E-state index in [1.807, 2.05) is 17.4 Å². The van der Waals surface area contributed by atoms with Crippen molar-refractivity contribution in [1.29, 1.82) is 0 Å². The summed E-state index contributed by atoms with van der Waals surface area (Å²) in [6.07, 6.45) is 1.70. The van der Waals surface area contributed by atoms with Crippen LogP contribution in [0.5, 0.6) is 0 Å². The van der Waals surface area contributed by atoms with Crippen LogP contribution in [0.25, 0.3) is 69.3 Å². The van der Waals surface area contributed by atoms with E-state index >= 15 is 0 Å². The van der Waals surface area contributed by atoms with E-state index in [2.05, 4.69) is 113 Å². The number of hydrogen-bond donors (Lipinski definition) is 0. The first kappa shape index (κ1) is 21.5. The molecule has 7 aromatic rings. The molecule has 0 spiro atoms. The number of fused-ring (bicyclic) bond motifs is 5. The summed E-state index contributed by atoms with van der Waals surface area (Å²) in [5, 5.41) is 5.20. The standard InChI is InChI=1S/C34H20N2S/c1-35-26-16-17-36-31(20-26)25-11-7-10-23(18-25)24-14-15-29-32(19-24)37-33-21-30(22-8-3-2-4-9-22)27-12-5-6-13-28(27)34(29)33/h2-21H. The Hall–Kier alpha value is -4.78. The molecule has 0 aliphatic rings. The van der Waals surface area contributed by atoms with Gasteiger partial charge < -0.3 is 0 Å². The van der Waals surface area contributed by atoms with Gasteiger partial charge in [0.05, 0.1) is 12.3 Å². The Morgan fingerprint density at radius 3 is 2.19 bits per heavy atom. The first-order valence-electron chi connectivity index (χ1n) is 12.2. The normalized spacial score (nSPS) is 11.2. The highest BCUT2D eigenvalue weighted by Gasteiger charge is 2.14. The van der Waals surface area contributed by atoms with Gasteiger partial charge in [-0.25, -0.2) is 4.85 Å². The van der Waals surface area contributed by atoms with Crippen molar-refractivity contribution in [2.24, 2.45) is 0 Å². The molecule has 0 saturated heterocycles. The van der Waals surface area contributed by atoms with Crippen LogP contribution >= 0.6 is 11.3 Å². The van der Waals surface area contributed by atoms with Crippen molar-refractivity contribution < 1.29 is 0 Å². The Labute approximate surface area is 218 Å². The molecule has 37 heavy (non-hydrogen) atoms. The van der Waals surface area contributed by atoms with Gasteiger partial charge in [0.2, 0.25) is 0 Å². The van der Waals surface area contributed by atoms with Gasteiger partial charge in [-0.1, -0.05) is 84.9 Å². The van der Waals surface area contributed by atoms with E-state index in [-0.39, 0.29) is 0 Å². The van der Waals surface area contributed by atoms with E-state index in [1.54, 1.807) is 12.3 Å². The van der Waals surface area contributed by atoms with E-state index < -0.39 is 0 Å². The molecular weight excluding hydrogens is 468 g/mol. The Morgan fingerprint density at radius 2 is 1.32 bits per heavy atom. The lowest BCUT2D eigenvalue weighted by Gasteiger charge is -2.09. The Morgan fingerprint density at radius 1 is 0.568 bits per heavy atom. The average molecular weight is 489 g/mol. The molecule has 0 atom stereocenters. The second-order valence-corrected chi connectivity index (χ2v) is 10.2. The Balaban J connectivity index is 1.40. The first-order chi connectivity index (χ1) is 18.3. The predicted molar refractivity (Wildman–Crippen MR) is 157 cm³/mol. The number of nitrogens with zero attached hydrogens (tertiary/aromatic N) is 2. The SMILES string of the molecule is [C-]#[N+]c1ccnc(-c2cccc(-c3ccc4c(c3)sc3cc(-c5ccccc5)c5ccccc5c34)c2)c1. The molecule has 0 amide bonds. The van der Waals surface area contributed by atoms with Crippen molar-refractivity contribution in [3.8, 4) is 33.5 Å². The summed E-state index contributed by atoms with van der Waals surface area (Å²) >= 11 is 1.85. The van der Waals surface area contributed by atoms with Crippen LogP contribution < -0.4 is 0 Å². The lowest BCUT2D eigenvalue weighted by atomic mass is 9.94. The summed E-state index contributed by atoms with van der Waals surface area (Å²) in [5.41, 5.74) is 7.26. The van der Waals surface area contributed by atoms with Gasteiger partial charge in [-0.05, 0) is 68.9 Å². The van der Waals surface area contributed by atoms with Gasteiger partial charge in [-0.3, -0.25) is 4.98 Å². The maximum atomic E-state index is 7.31. The summed E-state index contributed by atoms with van der Waals surface area (Å²) in [6, 6.07) is 40.5. The molecule has 0 saturated carbocycles. The predicted octanol–water partition coefficient (Wildman–Crippen LogP) is 10.2. The summed E-state index contributed by atoms with van der Waals surface area (Å²) in [6.45, 7) is 7.31. The summed E-state index contributed by atoms with van der Waals surface area (Å²) in [7, 11) is 0. The fourth-order valence-corrected chi connectivity index (χ4v) is 6.38. The van der Waals surface area contributed by atoms with Crippen molar-refractivity contribution in [1.82, 2.24) is 4.98 Å². The molecule has 0 radical (unpaired) electrons. The van der Waals surface area contributed by atoms with Gasteiger partial charge >= 0.3 is 0 Å². The van der Waals surface area contributed by atoms with Gasteiger partial charge in [-0.2, -0.15) is 0 Å². The van der Waals surface area contributed by atoms with E-state index in [1.165, 1.54) is 47.6 Å². The molecule has 3 heteroatoms. The number of aromatic nitrogens is 1. The third kappa shape index (κ3) is 3.67. The fourth-order valence-electron chi connectivity index (χ4n) is 5.18. The number of benzene rings is 5. The molecule has 2 nitrogen and oxygen atoms in total. The topological polar surface area (TPSA) is 17.2 Å². The minimum Gasteiger partial charge on any atom is -0.259 e. The van der Waals surface area contributed by atoms with Gasteiger partial charge in [0.15, 0.2) is 5.69 Å². The third-order valence-electron chi connectivity index (χ3n) is 6.93. The van der Waals surface area contributed by atoms with Crippen LogP contribution in [-0.4, -0.2) is 4.98 Å². The highest BCUT2D eigenvalue weighted by Crippen LogP contribution is 2.43. The smallest absolute Gasteiger partial charge is 0.190 e. The van der Waals surface area contributed by atoms with E-state index in [4.69, 9.17) is 6.57 Å². The van der Waals surface area contributed by atoms with Gasteiger partial charge in [0.1, 0.15) is 0 Å². The quantitative estimate of drug-likeness (QED) is 0.226. The second kappa shape index (κ2) is 8.71. The number of hydrogen-bond acceptors (Lipinski definition) is 2. The summed E-state index contributed by atoms with van der Waals surface area (Å²) in [5.74, 6) is 0. The molecule has 2 heterocycles. The number of thiophene rings is 1. The van der Waals surface area contributed by atoms with Gasteiger partial charge in [0, 0.05) is 26.4 Å². The van der Waals surface area contributed by atoms with Crippen LogP contribution in [0.4, 0.5) is 5.69 Å². The van der Waals surface area contributed by atoms with Crippen LogP contribution in [0.2, 0.25) is 0 Å². The van der Waals surface area contributed by atoms with E-state index in [9.17, 15) is 0 Å². The van der Waals surface area contributed by atoms with Gasteiger partial charge in [-0.15, -0.1) is 11.3 Å². The molecular formula is C34H20N2S. The number of rotatable bonds is 3. The zero-order valence-electron chi connectivity index (χ0n) is 19.8. The van der Waals surface area contributed by atoms with Crippen LogP contribution in [0.3, 0.4) is 0 Å². The molecule has 5 aromatic carbocycles. The van der Waals surface area contributed by atoms with Crippen molar-refractivity contribution >= 4 is 48.0 Å². The monoisotopic (exact) mass is 488 g/mol. The van der Waals surface area contributed by atoms with Crippen LogP contribution in [0.1, 0.15) is 0 Å². The maximum Gasteiger partial charge on any atom is 0.190 e. The molecule has 0 unspecified atom stereocenters. The summed E-state index contributed by atoms with van der Waals surface area (Å²) in [4.78, 5) is 8.04. The second-order valence-electron chi connectivity index (χ2n) is 9.11. The fraction of sp³-hybridized carbons (Fsp3) is 0. The van der Waals surface area contributed by atoms with Crippen LogP contribution in [-0.2, 0) is 0 Å². The number of pyridine rings is 1. The Kier molecular flexibility index (Phi) is 5.06. The van der Waals surface area contributed by atoms with Crippen LogP contribution in [0, 0.1) is 6.57 Å². The lowest BCUT2D eigenvalue weighted by Crippen LogP contribution is -1.84. The molecule has 0 bridgehead atoms. The van der Waals surface area contributed by atoms with E-state index in [0.717, 1.165) is 16.8 Å². The zero-order chi connectivity index (χ0) is 24.8. The highest BCUT2D eigenvalue weighted by molar-refractivity contribution is 7.26. The summed E-state index contributed by atoms with van der Waals surface area (Å²) < 4.78 is 2.58. The average Bonchev–Trinajstić information content (AvgIpc) is 3.35. The van der Waals surface area contributed by atoms with E-state index in [0.29, 0.717) is 5.69 Å². The maximum absolute atomic E-state index is 7.31. The Bertz CT molecular complexity index is 1990. The molecule has 2 aromatic heterocycles.